The van der Waals surface area contributed by atoms with Gasteiger partial charge < -0.3 is 9.47 Å². The van der Waals surface area contributed by atoms with Gasteiger partial charge in [0.15, 0.2) is 6.10 Å². The van der Waals surface area contributed by atoms with Crippen LogP contribution in [0.15, 0.2) is 30.3 Å². The third-order valence-corrected chi connectivity index (χ3v) is 3.64. The third kappa shape index (κ3) is 1.35. The van der Waals surface area contributed by atoms with E-state index in [1.54, 1.807) is 0 Å². The second-order valence-corrected chi connectivity index (χ2v) is 4.60. The van der Waals surface area contributed by atoms with Crippen molar-refractivity contribution in [3.63, 3.8) is 0 Å². The molecule has 0 amide bonds. The average Bonchev–Trinajstić information content (AvgIpc) is 3.03. The van der Waals surface area contributed by atoms with Crippen LogP contribution in [0, 0.1) is 0 Å². The smallest absolute Gasteiger partial charge is 0.338 e. The first-order chi connectivity index (χ1) is 7.75. The summed E-state index contributed by atoms with van der Waals surface area (Å²) in [7, 11) is 1.41. The van der Waals surface area contributed by atoms with Crippen LogP contribution in [0.4, 0.5) is 0 Å². The van der Waals surface area contributed by atoms with E-state index in [1.165, 1.54) is 12.7 Å². The molecule has 1 saturated heterocycles. The highest BCUT2D eigenvalue weighted by Gasteiger charge is 2.67. The van der Waals surface area contributed by atoms with E-state index in [1.807, 2.05) is 18.2 Å². The number of rotatable bonds is 2. The van der Waals surface area contributed by atoms with Gasteiger partial charge in [0.2, 0.25) is 0 Å². The van der Waals surface area contributed by atoms with Crippen molar-refractivity contribution in [2.24, 2.45) is 0 Å². The summed E-state index contributed by atoms with van der Waals surface area (Å²) in [6.07, 6.45) is 1.57. The summed E-state index contributed by atoms with van der Waals surface area (Å²) in [5, 5.41) is 0. The molecular weight excluding hydrogens is 204 g/mol. The van der Waals surface area contributed by atoms with E-state index in [-0.39, 0.29) is 17.7 Å². The molecule has 1 aliphatic heterocycles. The molecule has 84 valence electrons. The SMILES string of the molecule is COC(=O)C1OC12CC(c1ccccc1)C2. The second-order valence-electron chi connectivity index (χ2n) is 4.60. The minimum absolute atomic E-state index is 0.187. The van der Waals surface area contributed by atoms with E-state index >= 15 is 0 Å². The fourth-order valence-corrected chi connectivity index (χ4v) is 2.62. The Morgan fingerprint density at radius 2 is 2.06 bits per heavy atom. The predicted molar refractivity (Wildman–Crippen MR) is 58.0 cm³/mol. The number of carbonyl (C=O) groups is 1. The molecule has 2 fully saturated rings. The van der Waals surface area contributed by atoms with E-state index in [0.717, 1.165) is 12.8 Å². The molecule has 3 heteroatoms. The third-order valence-electron chi connectivity index (χ3n) is 3.64. The minimum atomic E-state index is -0.308. The van der Waals surface area contributed by atoms with Crippen molar-refractivity contribution in [2.75, 3.05) is 7.11 Å². The molecule has 0 N–H and O–H groups in total. The second kappa shape index (κ2) is 3.32. The highest BCUT2D eigenvalue weighted by Crippen LogP contribution is 2.59. The molecule has 1 heterocycles. The summed E-state index contributed by atoms with van der Waals surface area (Å²) in [6.45, 7) is 0. The Morgan fingerprint density at radius 1 is 1.38 bits per heavy atom. The highest BCUT2D eigenvalue weighted by molar-refractivity contribution is 5.79. The monoisotopic (exact) mass is 218 g/mol. The Labute approximate surface area is 94.4 Å². The summed E-state index contributed by atoms with van der Waals surface area (Å²) in [5.41, 5.74) is 1.15. The van der Waals surface area contributed by atoms with Crippen LogP contribution in [-0.2, 0) is 14.3 Å². The average molecular weight is 218 g/mol. The molecule has 1 aromatic carbocycles. The maximum absolute atomic E-state index is 11.3. The lowest BCUT2D eigenvalue weighted by Crippen LogP contribution is -2.35. The first kappa shape index (κ1) is 9.85. The molecule has 16 heavy (non-hydrogen) atoms. The van der Waals surface area contributed by atoms with Crippen molar-refractivity contribution in [1.29, 1.82) is 0 Å². The van der Waals surface area contributed by atoms with Gasteiger partial charge >= 0.3 is 5.97 Å². The lowest BCUT2D eigenvalue weighted by molar-refractivity contribution is -0.142. The topological polar surface area (TPSA) is 38.8 Å². The Kier molecular flexibility index (Phi) is 2.04. The fourth-order valence-electron chi connectivity index (χ4n) is 2.62. The first-order valence-corrected chi connectivity index (χ1v) is 5.56. The van der Waals surface area contributed by atoms with E-state index in [2.05, 4.69) is 16.9 Å². The number of methoxy groups -OCH3 is 1. The summed E-state index contributed by atoms with van der Waals surface area (Å²) in [6, 6.07) is 10.4. The van der Waals surface area contributed by atoms with Crippen molar-refractivity contribution in [2.45, 2.75) is 30.5 Å². The Bertz CT molecular complexity index is 406. The van der Waals surface area contributed by atoms with Crippen molar-refractivity contribution in [3.05, 3.63) is 35.9 Å². The van der Waals surface area contributed by atoms with Crippen molar-refractivity contribution >= 4 is 5.97 Å². The molecule has 2 aliphatic rings. The van der Waals surface area contributed by atoms with Crippen LogP contribution >= 0.6 is 0 Å². The van der Waals surface area contributed by atoms with Gasteiger partial charge in [-0.15, -0.1) is 0 Å². The van der Waals surface area contributed by atoms with Gasteiger partial charge in [-0.25, -0.2) is 4.79 Å². The highest BCUT2D eigenvalue weighted by atomic mass is 16.7. The molecule has 0 aromatic heterocycles. The van der Waals surface area contributed by atoms with Gasteiger partial charge in [-0.1, -0.05) is 30.3 Å². The van der Waals surface area contributed by atoms with Gasteiger partial charge in [-0.3, -0.25) is 0 Å². The van der Waals surface area contributed by atoms with Gasteiger partial charge in [-0.05, 0) is 24.3 Å². The zero-order valence-corrected chi connectivity index (χ0v) is 9.18. The van der Waals surface area contributed by atoms with Crippen LogP contribution < -0.4 is 0 Å². The van der Waals surface area contributed by atoms with Crippen molar-refractivity contribution < 1.29 is 14.3 Å². The van der Waals surface area contributed by atoms with Crippen molar-refractivity contribution in [1.82, 2.24) is 0 Å². The number of ether oxygens (including phenoxy) is 2. The zero-order chi connectivity index (χ0) is 11.2. The van der Waals surface area contributed by atoms with Crippen LogP contribution in [0.1, 0.15) is 24.3 Å². The van der Waals surface area contributed by atoms with Crippen LogP contribution in [-0.4, -0.2) is 24.8 Å². The van der Waals surface area contributed by atoms with Gasteiger partial charge in [0.05, 0.1) is 7.11 Å². The van der Waals surface area contributed by atoms with Crippen molar-refractivity contribution in [3.8, 4) is 0 Å². The number of carbonyl (C=O) groups excluding carboxylic acids is 1. The maximum Gasteiger partial charge on any atom is 0.338 e. The first-order valence-electron chi connectivity index (χ1n) is 5.56. The van der Waals surface area contributed by atoms with E-state index in [9.17, 15) is 4.79 Å². The largest absolute Gasteiger partial charge is 0.467 e. The summed E-state index contributed by atoms with van der Waals surface area (Å²) >= 11 is 0. The van der Waals surface area contributed by atoms with Gasteiger partial charge in [0.1, 0.15) is 5.60 Å². The van der Waals surface area contributed by atoms with E-state index in [0.29, 0.717) is 5.92 Å². The maximum atomic E-state index is 11.3. The van der Waals surface area contributed by atoms with Crippen LogP contribution in [0.5, 0.6) is 0 Å². The van der Waals surface area contributed by atoms with Gasteiger partial charge in [-0.2, -0.15) is 0 Å². The molecule has 1 spiro atoms. The molecular formula is C13H14O3. The summed E-state index contributed by atoms with van der Waals surface area (Å²) in [4.78, 5) is 11.3. The fraction of sp³-hybridized carbons (Fsp3) is 0.462. The molecule has 1 aromatic rings. The van der Waals surface area contributed by atoms with Crippen LogP contribution in [0.2, 0.25) is 0 Å². The quantitative estimate of drug-likeness (QED) is 0.562. The number of hydrogen-bond donors (Lipinski definition) is 0. The van der Waals surface area contributed by atoms with Crippen LogP contribution in [0.3, 0.4) is 0 Å². The number of epoxide rings is 1. The Hall–Kier alpha value is -1.35. The molecule has 1 saturated carbocycles. The van der Waals surface area contributed by atoms with Gasteiger partial charge in [0, 0.05) is 0 Å². The molecule has 0 bridgehead atoms. The molecule has 1 unspecified atom stereocenters. The number of hydrogen-bond acceptors (Lipinski definition) is 3. The van der Waals surface area contributed by atoms with Gasteiger partial charge in [0.25, 0.3) is 0 Å². The number of esters is 1. The molecule has 3 nitrogen and oxygen atoms in total. The van der Waals surface area contributed by atoms with E-state index < -0.39 is 0 Å². The predicted octanol–water partition coefficient (Wildman–Crippen LogP) is 1.87. The summed E-state index contributed by atoms with van der Waals surface area (Å²) < 4.78 is 10.2. The van der Waals surface area contributed by atoms with E-state index in [4.69, 9.17) is 4.74 Å². The molecule has 3 rings (SSSR count). The molecule has 1 atom stereocenters. The lowest BCUT2D eigenvalue weighted by atomic mass is 9.69. The molecule has 0 radical (unpaired) electrons. The standard InChI is InChI=1S/C13H14O3/c1-15-12(14)11-13(16-11)7-10(8-13)9-5-3-2-4-6-9/h2-6,10-11H,7-8H2,1H3. The lowest BCUT2D eigenvalue weighted by Gasteiger charge is -2.33. The Morgan fingerprint density at radius 3 is 2.69 bits per heavy atom. The zero-order valence-electron chi connectivity index (χ0n) is 9.18. The normalized spacial score (nSPS) is 35.6. The Balaban J connectivity index is 1.63. The molecule has 1 aliphatic carbocycles. The van der Waals surface area contributed by atoms with Crippen LogP contribution in [0.25, 0.3) is 0 Å². The minimum Gasteiger partial charge on any atom is -0.467 e. The summed E-state index contributed by atoms with van der Waals surface area (Å²) in [5.74, 6) is 0.308. The number of benzene rings is 1.